The molecule has 0 unspecified atom stereocenters. The monoisotopic (exact) mass is 380 g/mol. The zero-order valence-electron chi connectivity index (χ0n) is 7.28. The first-order valence-corrected chi connectivity index (χ1v) is 3.25. The third-order valence-electron chi connectivity index (χ3n) is 1.02. The van der Waals surface area contributed by atoms with E-state index in [0.717, 1.165) is 0 Å². The predicted molar refractivity (Wildman–Crippen MR) is 51.1 cm³/mol. The second-order valence-corrected chi connectivity index (χ2v) is 2.06. The molecule has 2 radical (unpaired) electrons. The molecule has 0 aliphatic rings. The molecule has 1 N–H and O–H groups in total. The Kier molecular flexibility index (Phi) is 9.09. The summed E-state index contributed by atoms with van der Waals surface area (Å²) in [7, 11) is 0. The van der Waals surface area contributed by atoms with Crippen LogP contribution in [0.5, 0.6) is 0 Å². The summed E-state index contributed by atoms with van der Waals surface area (Å²) < 4.78 is 4.53. The van der Waals surface area contributed by atoms with Gasteiger partial charge in [-0.1, -0.05) is 19.2 Å². The zero-order chi connectivity index (χ0) is 9.56. The van der Waals surface area contributed by atoms with Crippen molar-refractivity contribution in [3.05, 3.63) is 24.8 Å². The van der Waals surface area contributed by atoms with Gasteiger partial charge in [0.1, 0.15) is 6.61 Å². The zero-order valence-corrected chi connectivity index (χ0v) is 12.8. The molecule has 0 amide bonds. The molecule has 0 atom stereocenters. The van der Waals surface area contributed by atoms with Crippen molar-refractivity contribution in [3.8, 4) is 0 Å². The van der Waals surface area contributed by atoms with Crippen LogP contribution in [0.2, 0.25) is 0 Å². The van der Waals surface area contributed by atoms with Crippen LogP contribution in [-0.4, -0.2) is 51.0 Å². The number of rotatable bonds is 5. The summed E-state index contributed by atoms with van der Waals surface area (Å²) in [5, 5.41) is 8.33. The Morgan fingerprint density at radius 2 is 2.00 bits per heavy atom. The van der Waals surface area contributed by atoms with E-state index in [-0.39, 0.29) is 45.9 Å². The Bertz CT molecular complexity index is 222. The summed E-state index contributed by atoms with van der Waals surface area (Å²) >= 11 is 0. The summed E-state index contributed by atoms with van der Waals surface area (Å²) in [6, 6.07) is 0. The van der Waals surface area contributed by atoms with Crippen molar-refractivity contribution < 1.29 is 19.4 Å². The van der Waals surface area contributed by atoms with Crippen LogP contribution in [0.25, 0.3) is 0 Å². The van der Waals surface area contributed by atoms with E-state index in [1.54, 1.807) is 0 Å². The van der Waals surface area contributed by atoms with Crippen molar-refractivity contribution in [2.24, 2.45) is 0 Å². The molecule has 0 rings (SSSR count). The molecule has 0 saturated heterocycles. The molecule has 0 aliphatic carbocycles. The van der Waals surface area contributed by atoms with Gasteiger partial charge in [0.2, 0.25) is 0 Å². The summed E-state index contributed by atoms with van der Waals surface area (Å²) in [5.74, 6) is -1.80. The van der Waals surface area contributed by atoms with Gasteiger partial charge < -0.3 is 9.84 Å². The van der Waals surface area contributed by atoms with E-state index in [2.05, 4.69) is 17.9 Å². The van der Waals surface area contributed by atoms with E-state index >= 15 is 0 Å². The number of carbonyl (C=O) groups excluding carboxylic acids is 1. The minimum absolute atomic E-state index is 0. The van der Waals surface area contributed by atoms with Crippen LogP contribution >= 0.6 is 0 Å². The van der Waals surface area contributed by atoms with Crippen molar-refractivity contribution in [1.82, 2.24) is 0 Å². The van der Waals surface area contributed by atoms with E-state index in [9.17, 15) is 9.59 Å². The van der Waals surface area contributed by atoms with E-state index in [1.807, 2.05) is 0 Å². The van der Waals surface area contributed by atoms with E-state index < -0.39 is 11.9 Å². The molecule has 0 aromatic carbocycles. The number of carboxylic acids is 1. The average Bonchev–Trinajstić information content (AvgIpc) is 2.00. The molecular formula is C8H12O4Pb. The fraction of sp³-hybridized carbons (Fsp3) is 0.250. The third-order valence-corrected chi connectivity index (χ3v) is 1.02. The standard InChI is InChI=1S/C8H10O4.Pb.2H/c1-3-4-12-7(9)5-6(2)8(10)11;;;/h3H,1-2,4-5H2,(H,10,11);;;. The van der Waals surface area contributed by atoms with Crippen molar-refractivity contribution in [1.29, 1.82) is 0 Å². The molecule has 0 fully saturated rings. The number of hydrogen-bond acceptors (Lipinski definition) is 3. The van der Waals surface area contributed by atoms with Crippen molar-refractivity contribution >= 4 is 39.2 Å². The number of carboxylic acid groups (broad SMARTS) is 1. The molecule has 0 spiro atoms. The van der Waals surface area contributed by atoms with Crippen LogP contribution in [0.4, 0.5) is 0 Å². The van der Waals surface area contributed by atoms with Crippen LogP contribution < -0.4 is 0 Å². The van der Waals surface area contributed by atoms with Gasteiger partial charge in [-0.05, 0) is 0 Å². The fourth-order valence-corrected chi connectivity index (χ4v) is 0.453. The van der Waals surface area contributed by atoms with Gasteiger partial charge in [0.25, 0.3) is 0 Å². The second-order valence-electron chi connectivity index (χ2n) is 2.06. The fourth-order valence-electron chi connectivity index (χ4n) is 0.453. The molecule has 0 bridgehead atoms. The molecule has 13 heavy (non-hydrogen) atoms. The molecule has 5 heteroatoms. The van der Waals surface area contributed by atoms with Gasteiger partial charge in [-0.3, -0.25) is 4.79 Å². The summed E-state index contributed by atoms with van der Waals surface area (Å²) in [5.41, 5.74) is -0.177. The molecule has 0 aromatic rings. The van der Waals surface area contributed by atoms with Gasteiger partial charge in [0.05, 0.1) is 6.42 Å². The van der Waals surface area contributed by atoms with Gasteiger partial charge in [-0.15, -0.1) is 0 Å². The average molecular weight is 379 g/mol. The first-order chi connectivity index (χ1) is 5.57. The van der Waals surface area contributed by atoms with E-state index in [0.29, 0.717) is 0 Å². The number of hydrogen-bond donors (Lipinski definition) is 1. The van der Waals surface area contributed by atoms with Gasteiger partial charge in [0, 0.05) is 5.57 Å². The molecule has 0 saturated carbocycles. The summed E-state index contributed by atoms with van der Waals surface area (Å²) in [6.07, 6.45) is 1.12. The predicted octanol–water partition coefficient (Wildman–Crippen LogP) is -0.170. The summed E-state index contributed by atoms with van der Waals surface area (Å²) in [4.78, 5) is 20.9. The molecular weight excluding hydrogens is 367 g/mol. The Labute approximate surface area is 96.4 Å². The topological polar surface area (TPSA) is 63.6 Å². The van der Waals surface area contributed by atoms with Gasteiger partial charge in [-0.25, -0.2) is 4.79 Å². The van der Waals surface area contributed by atoms with Crippen LogP contribution in [-0.2, 0) is 14.3 Å². The Balaban J connectivity index is 0. The van der Waals surface area contributed by atoms with Gasteiger partial charge in [0.15, 0.2) is 0 Å². The normalized spacial score (nSPS) is 8.00. The van der Waals surface area contributed by atoms with Crippen LogP contribution in [0.15, 0.2) is 24.8 Å². The molecule has 0 aliphatic heterocycles. The van der Waals surface area contributed by atoms with Crippen molar-refractivity contribution in [2.45, 2.75) is 6.42 Å². The SMILES string of the molecule is C=CCOC(=O)CC(=C)C(=O)O.[PbH2]. The minimum atomic E-state index is -1.19. The van der Waals surface area contributed by atoms with Gasteiger partial charge >= 0.3 is 39.2 Å². The Hall–Kier alpha value is -0.658. The number of aliphatic carboxylic acids is 1. The molecule has 72 valence electrons. The van der Waals surface area contributed by atoms with Crippen molar-refractivity contribution in [3.63, 3.8) is 0 Å². The maximum absolute atomic E-state index is 10.7. The Morgan fingerprint density at radius 3 is 2.38 bits per heavy atom. The first kappa shape index (κ1) is 14.8. The Morgan fingerprint density at radius 1 is 1.46 bits per heavy atom. The number of ether oxygens (including phenoxy) is 1. The molecule has 4 nitrogen and oxygen atoms in total. The van der Waals surface area contributed by atoms with Crippen molar-refractivity contribution in [2.75, 3.05) is 6.61 Å². The second kappa shape index (κ2) is 7.96. The van der Waals surface area contributed by atoms with E-state index in [1.165, 1.54) is 6.08 Å². The first-order valence-electron chi connectivity index (χ1n) is 3.25. The maximum atomic E-state index is 10.7. The molecule has 0 aromatic heterocycles. The van der Waals surface area contributed by atoms with Gasteiger partial charge in [-0.2, -0.15) is 0 Å². The van der Waals surface area contributed by atoms with E-state index in [4.69, 9.17) is 5.11 Å². The quantitative estimate of drug-likeness (QED) is 0.312. The van der Waals surface area contributed by atoms with Crippen LogP contribution in [0.1, 0.15) is 6.42 Å². The van der Waals surface area contributed by atoms with Crippen LogP contribution in [0, 0.1) is 0 Å². The molecule has 0 heterocycles. The van der Waals surface area contributed by atoms with Crippen LogP contribution in [0.3, 0.4) is 0 Å². The number of carbonyl (C=O) groups is 2. The number of esters is 1. The third kappa shape index (κ3) is 7.69. The summed E-state index contributed by atoms with van der Waals surface area (Å²) in [6.45, 7) is 6.60.